The summed E-state index contributed by atoms with van der Waals surface area (Å²) in [6, 6.07) is 0. The Bertz CT molecular complexity index is 484. The zero-order valence-electron chi connectivity index (χ0n) is 15.1. The quantitative estimate of drug-likeness (QED) is 0.437. The smallest absolute Gasteiger partial charge is 0.303 e. The molecule has 2 fully saturated rings. The summed E-state index contributed by atoms with van der Waals surface area (Å²) in [5.74, 6) is 0.362. The van der Waals surface area contributed by atoms with E-state index in [1.807, 2.05) is 18.2 Å². The SMILES string of the molecule is CCCCCC(O)C=CC1C(O)CC2OC(=CCCC(=O)O)CCC21. The van der Waals surface area contributed by atoms with Crippen molar-refractivity contribution < 1.29 is 24.9 Å². The molecule has 0 bridgehead atoms. The largest absolute Gasteiger partial charge is 0.495 e. The summed E-state index contributed by atoms with van der Waals surface area (Å²) in [6.45, 7) is 2.14. The second-order valence-corrected chi connectivity index (χ2v) is 7.29. The number of aliphatic hydroxyl groups is 2. The average molecular weight is 352 g/mol. The molecule has 0 aromatic heterocycles. The highest BCUT2D eigenvalue weighted by molar-refractivity contribution is 5.66. The number of unbranched alkanes of at least 4 members (excludes halogenated alkanes) is 2. The van der Waals surface area contributed by atoms with E-state index in [1.54, 1.807) is 0 Å². The molecule has 0 spiro atoms. The standard InChI is InChI=1S/C20H32O5/c1-2-3-4-6-14(21)9-11-16-17-12-10-15(7-5-8-20(23)24)25-19(17)13-18(16)22/h7,9,11,14,16-19,21-22H,2-6,8,10,12-13H2,1H3,(H,23,24). The second kappa shape index (κ2) is 9.97. The third kappa shape index (κ3) is 6.15. The maximum absolute atomic E-state index is 10.6. The van der Waals surface area contributed by atoms with Gasteiger partial charge in [0.05, 0.1) is 18.0 Å². The Hall–Kier alpha value is -1.33. The van der Waals surface area contributed by atoms with E-state index < -0.39 is 18.2 Å². The van der Waals surface area contributed by atoms with E-state index >= 15 is 0 Å². The number of aliphatic hydroxyl groups excluding tert-OH is 2. The first-order chi connectivity index (χ1) is 12.0. The number of rotatable bonds is 9. The van der Waals surface area contributed by atoms with Gasteiger partial charge in [-0.05, 0) is 25.3 Å². The van der Waals surface area contributed by atoms with Crippen molar-refractivity contribution in [2.75, 3.05) is 0 Å². The highest BCUT2D eigenvalue weighted by Gasteiger charge is 2.44. The van der Waals surface area contributed by atoms with Gasteiger partial charge >= 0.3 is 5.97 Å². The van der Waals surface area contributed by atoms with E-state index in [-0.39, 0.29) is 24.4 Å². The number of carboxylic acids is 1. The van der Waals surface area contributed by atoms with Crippen molar-refractivity contribution in [1.82, 2.24) is 0 Å². The van der Waals surface area contributed by atoms with Gasteiger partial charge in [0, 0.05) is 31.1 Å². The van der Waals surface area contributed by atoms with Gasteiger partial charge in [-0.3, -0.25) is 4.79 Å². The van der Waals surface area contributed by atoms with Gasteiger partial charge in [0.15, 0.2) is 0 Å². The van der Waals surface area contributed by atoms with Crippen LogP contribution in [-0.2, 0) is 9.53 Å². The van der Waals surface area contributed by atoms with Gasteiger partial charge in [-0.25, -0.2) is 0 Å². The molecule has 0 radical (unpaired) electrons. The van der Waals surface area contributed by atoms with Crippen molar-refractivity contribution in [2.24, 2.45) is 11.8 Å². The average Bonchev–Trinajstić information content (AvgIpc) is 2.87. The van der Waals surface area contributed by atoms with E-state index in [0.29, 0.717) is 12.8 Å². The highest BCUT2D eigenvalue weighted by Crippen LogP contribution is 2.43. The van der Waals surface area contributed by atoms with Crippen molar-refractivity contribution in [1.29, 1.82) is 0 Å². The fourth-order valence-corrected chi connectivity index (χ4v) is 3.91. The van der Waals surface area contributed by atoms with Crippen LogP contribution < -0.4 is 0 Å². The maximum Gasteiger partial charge on any atom is 0.303 e. The van der Waals surface area contributed by atoms with Crippen molar-refractivity contribution in [3.63, 3.8) is 0 Å². The normalized spacial score (nSPS) is 31.9. The van der Waals surface area contributed by atoms with Crippen LogP contribution in [0.2, 0.25) is 0 Å². The van der Waals surface area contributed by atoms with Crippen molar-refractivity contribution in [3.05, 3.63) is 24.0 Å². The van der Waals surface area contributed by atoms with E-state index in [9.17, 15) is 15.0 Å². The molecule has 1 aliphatic carbocycles. The number of hydrogen-bond acceptors (Lipinski definition) is 4. The molecule has 0 amide bonds. The van der Waals surface area contributed by atoms with E-state index in [4.69, 9.17) is 9.84 Å². The first-order valence-corrected chi connectivity index (χ1v) is 9.63. The van der Waals surface area contributed by atoms with Crippen molar-refractivity contribution in [3.8, 4) is 0 Å². The summed E-state index contributed by atoms with van der Waals surface area (Å²) in [6.07, 6.45) is 11.8. The molecule has 5 heteroatoms. The number of ether oxygens (including phenoxy) is 1. The van der Waals surface area contributed by atoms with Gasteiger partial charge in [-0.1, -0.05) is 38.3 Å². The number of carbonyl (C=O) groups is 1. The fourth-order valence-electron chi connectivity index (χ4n) is 3.91. The van der Waals surface area contributed by atoms with Crippen LogP contribution in [0, 0.1) is 11.8 Å². The predicted molar refractivity (Wildman–Crippen MR) is 96.0 cm³/mol. The van der Waals surface area contributed by atoms with Crippen LogP contribution in [0.5, 0.6) is 0 Å². The van der Waals surface area contributed by atoms with Gasteiger partial charge in [0.25, 0.3) is 0 Å². The summed E-state index contributed by atoms with van der Waals surface area (Å²) < 4.78 is 5.99. The molecule has 0 aromatic carbocycles. The first kappa shape index (κ1) is 20.0. The predicted octanol–water partition coefficient (Wildman–Crippen LogP) is 3.41. The van der Waals surface area contributed by atoms with Crippen LogP contribution >= 0.6 is 0 Å². The molecule has 5 nitrogen and oxygen atoms in total. The highest BCUT2D eigenvalue weighted by atomic mass is 16.5. The fraction of sp³-hybridized carbons (Fsp3) is 0.750. The molecule has 0 aromatic rings. The van der Waals surface area contributed by atoms with Crippen LogP contribution in [0.15, 0.2) is 24.0 Å². The Morgan fingerprint density at radius 2 is 2.20 bits per heavy atom. The van der Waals surface area contributed by atoms with Gasteiger partial charge in [-0.15, -0.1) is 0 Å². The van der Waals surface area contributed by atoms with Gasteiger partial charge in [0.1, 0.15) is 6.10 Å². The minimum absolute atomic E-state index is 0.00767. The number of hydrogen-bond donors (Lipinski definition) is 3. The molecule has 1 saturated carbocycles. The van der Waals surface area contributed by atoms with Crippen molar-refractivity contribution in [2.45, 2.75) is 83.0 Å². The lowest BCUT2D eigenvalue weighted by Crippen LogP contribution is -2.27. The molecule has 142 valence electrons. The summed E-state index contributed by atoms with van der Waals surface area (Å²) in [5.41, 5.74) is 0. The minimum Gasteiger partial charge on any atom is -0.495 e. The van der Waals surface area contributed by atoms with Gasteiger partial charge < -0.3 is 20.1 Å². The number of carboxylic acid groups (broad SMARTS) is 1. The Balaban J connectivity index is 1.85. The Morgan fingerprint density at radius 3 is 2.92 bits per heavy atom. The monoisotopic (exact) mass is 352 g/mol. The molecule has 2 aliphatic rings. The molecule has 5 atom stereocenters. The zero-order chi connectivity index (χ0) is 18.2. The van der Waals surface area contributed by atoms with Gasteiger partial charge in [-0.2, -0.15) is 0 Å². The number of allylic oxidation sites excluding steroid dienone is 2. The zero-order valence-corrected chi connectivity index (χ0v) is 15.1. The third-order valence-electron chi connectivity index (χ3n) is 5.31. The molecular weight excluding hydrogens is 320 g/mol. The lowest BCUT2D eigenvalue weighted by atomic mass is 9.86. The molecule has 5 unspecified atom stereocenters. The number of aliphatic carboxylic acids is 1. The topological polar surface area (TPSA) is 87.0 Å². The second-order valence-electron chi connectivity index (χ2n) is 7.29. The lowest BCUT2D eigenvalue weighted by Gasteiger charge is -2.31. The van der Waals surface area contributed by atoms with Crippen LogP contribution in [0.1, 0.15) is 64.7 Å². The van der Waals surface area contributed by atoms with E-state index in [2.05, 4.69) is 6.92 Å². The molecule has 2 rings (SSSR count). The Morgan fingerprint density at radius 1 is 1.40 bits per heavy atom. The molecule has 3 N–H and O–H groups in total. The summed E-state index contributed by atoms with van der Waals surface area (Å²) in [7, 11) is 0. The Kier molecular flexibility index (Phi) is 7.97. The summed E-state index contributed by atoms with van der Waals surface area (Å²) in [5, 5.41) is 29.1. The van der Waals surface area contributed by atoms with E-state index in [1.165, 1.54) is 0 Å². The van der Waals surface area contributed by atoms with E-state index in [0.717, 1.165) is 44.3 Å². The van der Waals surface area contributed by atoms with Crippen LogP contribution in [0.25, 0.3) is 0 Å². The first-order valence-electron chi connectivity index (χ1n) is 9.63. The maximum atomic E-state index is 10.6. The third-order valence-corrected chi connectivity index (χ3v) is 5.31. The summed E-state index contributed by atoms with van der Waals surface area (Å²) in [4.78, 5) is 10.6. The molecule has 1 aliphatic heterocycles. The van der Waals surface area contributed by atoms with Gasteiger partial charge in [0.2, 0.25) is 0 Å². The Labute approximate surface area is 150 Å². The molecule has 1 heterocycles. The van der Waals surface area contributed by atoms with Crippen LogP contribution in [0.3, 0.4) is 0 Å². The summed E-state index contributed by atoms with van der Waals surface area (Å²) >= 11 is 0. The molecule has 25 heavy (non-hydrogen) atoms. The molecule has 1 saturated heterocycles. The molecular formula is C20H32O5. The number of fused-ring (bicyclic) bond motifs is 1. The lowest BCUT2D eigenvalue weighted by molar-refractivity contribution is -0.136. The van der Waals surface area contributed by atoms with Crippen LogP contribution in [-0.4, -0.2) is 39.6 Å². The van der Waals surface area contributed by atoms with Crippen LogP contribution in [0.4, 0.5) is 0 Å². The van der Waals surface area contributed by atoms with Crippen molar-refractivity contribution >= 4 is 5.97 Å². The minimum atomic E-state index is -0.801.